The summed E-state index contributed by atoms with van der Waals surface area (Å²) in [6.07, 6.45) is 2.78. The van der Waals surface area contributed by atoms with Crippen molar-refractivity contribution in [2.24, 2.45) is 5.92 Å². The number of hydrogen-bond acceptors (Lipinski definition) is 2. The average Bonchev–Trinajstić information content (AvgIpc) is 2.15. The summed E-state index contributed by atoms with van der Waals surface area (Å²) in [6.45, 7) is 12.8. The number of nitrogens with zero attached hydrogens (tertiary/aromatic N) is 1. The van der Waals surface area contributed by atoms with Gasteiger partial charge in [0, 0.05) is 18.6 Å². The quantitative estimate of drug-likeness (QED) is 0.744. The van der Waals surface area contributed by atoms with Gasteiger partial charge < -0.3 is 10.2 Å². The standard InChI is InChI=1S/C12H26N2/c1-10(2)13-8-12-6-5-7-14(9-12)11(3)4/h10-13H,5-9H2,1-4H3/t12-/m0/s1. The van der Waals surface area contributed by atoms with Crippen LogP contribution >= 0.6 is 0 Å². The minimum absolute atomic E-state index is 0.629. The topological polar surface area (TPSA) is 15.3 Å². The zero-order valence-electron chi connectivity index (χ0n) is 10.2. The van der Waals surface area contributed by atoms with Crippen molar-refractivity contribution < 1.29 is 0 Å². The molecule has 0 aliphatic carbocycles. The highest BCUT2D eigenvalue weighted by Crippen LogP contribution is 2.17. The van der Waals surface area contributed by atoms with Crippen molar-refractivity contribution in [1.29, 1.82) is 0 Å². The second-order valence-electron chi connectivity index (χ2n) is 5.16. The second kappa shape index (κ2) is 5.72. The van der Waals surface area contributed by atoms with Gasteiger partial charge in [-0.1, -0.05) is 13.8 Å². The highest BCUT2D eigenvalue weighted by atomic mass is 15.2. The summed E-state index contributed by atoms with van der Waals surface area (Å²) in [7, 11) is 0. The van der Waals surface area contributed by atoms with Gasteiger partial charge in [-0.2, -0.15) is 0 Å². The summed E-state index contributed by atoms with van der Waals surface area (Å²) in [6, 6.07) is 1.35. The molecule has 0 aromatic heterocycles. The molecule has 0 radical (unpaired) electrons. The van der Waals surface area contributed by atoms with Gasteiger partial charge in [-0.05, 0) is 45.7 Å². The Morgan fingerprint density at radius 2 is 2.00 bits per heavy atom. The van der Waals surface area contributed by atoms with Gasteiger partial charge in [-0.25, -0.2) is 0 Å². The third-order valence-corrected chi connectivity index (χ3v) is 3.10. The Bertz CT molecular complexity index is 154. The molecule has 0 saturated carbocycles. The van der Waals surface area contributed by atoms with E-state index in [0.717, 1.165) is 12.0 Å². The van der Waals surface area contributed by atoms with Crippen LogP contribution < -0.4 is 5.32 Å². The second-order valence-corrected chi connectivity index (χ2v) is 5.16. The van der Waals surface area contributed by atoms with Gasteiger partial charge in [-0.15, -0.1) is 0 Å². The van der Waals surface area contributed by atoms with Crippen LogP contribution in [0, 0.1) is 5.92 Å². The largest absolute Gasteiger partial charge is 0.314 e. The number of likely N-dealkylation sites (tertiary alicyclic amines) is 1. The molecule has 84 valence electrons. The smallest absolute Gasteiger partial charge is 0.00387 e. The van der Waals surface area contributed by atoms with Crippen molar-refractivity contribution in [3.63, 3.8) is 0 Å². The molecule has 1 fully saturated rings. The molecule has 1 rings (SSSR count). The summed E-state index contributed by atoms with van der Waals surface area (Å²) >= 11 is 0. The summed E-state index contributed by atoms with van der Waals surface area (Å²) in [5.74, 6) is 0.869. The monoisotopic (exact) mass is 198 g/mol. The van der Waals surface area contributed by atoms with Crippen LogP contribution in [0.5, 0.6) is 0 Å². The molecule has 0 aromatic carbocycles. The molecule has 1 heterocycles. The maximum absolute atomic E-state index is 3.55. The Hall–Kier alpha value is -0.0800. The zero-order chi connectivity index (χ0) is 10.6. The van der Waals surface area contributed by atoms with Crippen LogP contribution in [0.2, 0.25) is 0 Å². The van der Waals surface area contributed by atoms with Crippen molar-refractivity contribution in [2.75, 3.05) is 19.6 Å². The first-order valence-corrected chi connectivity index (χ1v) is 6.07. The van der Waals surface area contributed by atoms with Gasteiger partial charge in [0.25, 0.3) is 0 Å². The molecular formula is C12H26N2. The molecule has 0 unspecified atom stereocenters. The molecule has 0 aromatic rings. The minimum atomic E-state index is 0.629. The summed E-state index contributed by atoms with van der Waals surface area (Å²) in [5, 5.41) is 3.55. The lowest BCUT2D eigenvalue weighted by molar-refractivity contribution is 0.137. The molecule has 1 saturated heterocycles. The van der Waals surface area contributed by atoms with Gasteiger partial charge in [-0.3, -0.25) is 0 Å². The van der Waals surface area contributed by atoms with Crippen LogP contribution in [0.25, 0.3) is 0 Å². The zero-order valence-corrected chi connectivity index (χ0v) is 10.2. The van der Waals surface area contributed by atoms with E-state index in [4.69, 9.17) is 0 Å². The number of piperidine rings is 1. The van der Waals surface area contributed by atoms with Gasteiger partial charge in [0.15, 0.2) is 0 Å². The van der Waals surface area contributed by atoms with E-state index in [1.165, 1.54) is 32.5 Å². The van der Waals surface area contributed by atoms with Crippen LogP contribution in [-0.4, -0.2) is 36.6 Å². The normalized spacial score (nSPS) is 24.9. The minimum Gasteiger partial charge on any atom is -0.314 e. The molecule has 2 nitrogen and oxygen atoms in total. The third kappa shape index (κ3) is 3.97. The van der Waals surface area contributed by atoms with E-state index in [1.54, 1.807) is 0 Å². The maximum Gasteiger partial charge on any atom is 0.00387 e. The molecule has 2 heteroatoms. The Morgan fingerprint density at radius 3 is 2.57 bits per heavy atom. The van der Waals surface area contributed by atoms with Crippen LogP contribution in [0.4, 0.5) is 0 Å². The molecule has 0 amide bonds. The van der Waals surface area contributed by atoms with Crippen molar-refractivity contribution in [1.82, 2.24) is 10.2 Å². The van der Waals surface area contributed by atoms with Crippen LogP contribution in [0.1, 0.15) is 40.5 Å². The molecule has 0 spiro atoms. The maximum atomic E-state index is 3.55. The van der Waals surface area contributed by atoms with Gasteiger partial charge in [0.2, 0.25) is 0 Å². The van der Waals surface area contributed by atoms with Crippen molar-refractivity contribution in [3.8, 4) is 0 Å². The van der Waals surface area contributed by atoms with E-state index in [9.17, 15) is 0 Å². The van der Waals surface area contributed by atoms with E-state index >= 15 is 0 Å². The van der Waals surface area contributed by atoms with Gasteiger partial charge >= 0.3 is 0 Å². The summed E-state index contributed by atoms with van der Waals surface area (Å²) < 4.78 is 0. The number of rotatable bonds is 4. The Balaban J connectivity index is 2.25. The number of nitrogens with one attached hydrogen (secondary N) is 1. The Morgan fingerprint density at radius 1 is 1.29 bits per heavy atom. The average molecular weight is 198 g/mol. The predicted molar refractivity (Wildman–Crippen MR) is 62.6 cm³/mol. The fourth-order valence-corrected chi connectivity index (χ4v) is 2.14. The number of hydrogen-bond donors (Lipinski definition) is 1. The fourth-order valence-electron chi connectivity index (χ4n) is 2.14. The van der Waals surface area contributed by atoms with Crippen molar-refractivity contribution in [3.05, 3.63) is 0 Å². The molecule has 14 heavy (non-hydrogen) atoms. The molecule has 1 N–H and O–H groups in total. The fraction of sp³-hybridized carbons (Fsp3) is 1.00. The lowest BCUT2D eigenvalue weighted by Gasteiger charge is -2.35. The lowest BCUT2D eigenvalue weighted by atomic mass is 9.97. The van der Waals surface area contributed by atoms with E-state index in [2.05, 4.69) is 37.9 Å². The van der Waals surface area contributed by atoms with E-state index in [-0.39, 0.29) is 0 Å². The van der Waals surface area contributed by atoms with Crippen molar-refractivity contribution in [2.45, 2.75) is 52.6 Å². The van der Waals surface area contributed by atoms with Crippen LogP contribution in [-0.2, 0) is 0 Å². The molecule has 1 atom stereocenters. The molecular weight excluding hydrogens is 172 g/mol. The lowest BCUT2D eigenvalue weighted by Crippen LogP contribution is -2.43. The van der Waals surface area contributed by atoms with Crippen LogP contribution in [0.15, 0.2) is 0 Å². The first kappa shape index (κ1) is 12.0. The first-order chi connectivity index (χ1) is 6.59. The third-order valence-electron chi connectivity index (χ3n) is 3.10. The van der Waals surface area contributed by atoms with E-state index in [0.29, 0.717) is 6.04 Å². The molecule has 1 aliphatic heterocycles. The first-order valence-electron chi connectivity index (χ1n) is 6.07. The van der Waals surface area contributed by atoms with E-state index < -0.39 is 0 Å². The molecule has 1 aliphatic rings. The van der Waals surface area contributed by atoms with Crippen molar-refractivity contribution >= 4 is 0 Å². The van der Waals surface area contributed by atoms with Crippen LogP contribution in [0.3, 0.4) is 0 Å². The summed E-state index contributed by atoms with van der Waals surface area (Å²) in [5.41, 5.74) is 0. The summed E-state index contributed by atoms with van der Waals surface area (Å²) in [4.78, 5) is 2.61. The highest BCUT2D eigenvalue weighted by molar-refractivity contribution is 4.76. The molecule has 0 bridgehead atoms. The van der Waals surface area contributed by atoms with Gasteiger partial charge in [0.1, 0.15) is 0 Å². The van der Waals surface area contributed by atoms with Gasteiger partial charge in [0.05, 0.1) is 0 Å². The Labute approximate surface area is 89.1 Å². The Kier molecular flexibility index (Phi) is 4.90. The highest BCUT2D eigenvalue weighted by Gasteiger charge is 2.21. The SMILES string of the molecule is CC(C)NC[C@@H]1CCCN(C(C)C)C1. The predicted octanol–water partition coefficient (Wildman–Crippen LogP) is 2.10. The van der Waals surface area contributed by atoms with E-state index in [1.807, 2.05) is 0 Å².